The van der Waals surface area contributed by atoms with Gasteiger partial charge >= 0.3 is 0 Å². The van der Waals surface area contributed by atoms with Crippen LogP contribution in [0, 0.1) is 5.92 Å². The Bertz CT molecular complexity index is 245. The first kappa shape index (κ1) is 9.63. The molecule has 13 heavy (non-hydrogen) atoms. The highest BCUT2D eigenvalue weighted by Gasteiger charge is 2.35. The molecule has 0 aromatic carbocycles. The fraction of sp³-hybridized carbons (Fsp3) is 1.00. The highest BCUT2D eigenvalue weighted by Crippen LogP contribution is 2.37. The molecule has 0 spiro atoms. The SMILES string of the molecule is [3H]C1O[C@H](OCP(C)(C)=O)[C@@H](C)[C@@H]1F. The van der Waals surface area contributed by atoms with Gasteiger partial charge in [0.25, 0.3) is 0 Å². The summed E-state index contributed by atoms with van der Waals surface area (Å²) in [6.07, 6.45) is -1.99. The minimum absolute atomic E-state index is 0.0709. The monoisotopic (exact) mass is 212 g/mol. The molecule has 1 aliphatic heterocycles. The predicted molar refractivity (Wildman–Crippen MR) is 49.2 cm³/mol. The summed E-state index contributed by atoms with van der Waals surface area (Å²) in [6.45, 7) is 3.64. The molecule has 1 rings (SSSR count). The van der Waals surface area contributed by atoms with E-state index in [0.29, 0.717) is 0 Å². The molecule has 0 radical (unpaired) electrons. The van der Waals surface area contributed by atoms with Gasteiger partial charge in [-0.25, -0.2) is 4.39 Å². The fourth-order valence-electron chi connectivity index (χ4n) is 0.994. The number of hydrogen-bond donors (Lipinski definition) is 0. The van der Waals surface area contributed by atoms with Gasteiger partial charge in [0.15, 0.2) is 6.29 Å². The van der Waals surface area contributed by atoms with Crippen LogP contribution in [0.25, 0.3) is 0 Å². The van der Waals surface area contributed by atoms with Crippen LogP contribution in [0.3, 0.4) is 0 Å². The van der Waals surface area contributed by atoms with Gasteiger partial charge in [0.1, 0.15) is 19.7 Å². The number of ether oxygens (including phenoxy) is 2. The molecule has 0 aromatic rings. The molecular weight excluding hydrogens is 194 g/mol. The van der Waals surface area contributed by atoms with Gasteiger partial charge in [-0.1, -0.05) is 6.92 Å². The van der Waals surface area contributed by atoms with Gasteiger partial charge in [-0.3, -0.25) is 0 Å². The standard InChI is InChI=1S/C8H16FO3P/c1-6-7(9)4-11-8(6)12-5-13(2,3)10/h6-8H,4-5H2,1-3H3/t6-,7+,8+/m0/s1/i4T/t4?,6-,7+,8+. The zero-order valence-corrected chi connectivity index (χ0v) is 8.96. The molecule has 5 heteroatoms. The van der Waals surface area contributed by atoms with Crippen LogP contribution in [0.4, 0.5) is 4.39 Å². The van der Waals surface area contributed by atoms with E-state index in [1.54, 1.807) is 20.3 Å². The van der Waals surface area contributed by atoms with E-state index in [2.05, 4.69) is 0 Å². The normalized spacial score (nSPS) is 42.0. The average molecular weight is 212 g/mol. The van der Waals surface area contributed by atoms with Crippen molar-refractivity contribution in [1.29, 1.82) is 0 Å². The van der Waals surface area contributed by atoms with Crippen LogP contribution in [0.2, 0.25) is 0 Å². The second kappa shape index (κ2) is 4.07. The van der Waals surface area contributed by atoms with Crippen molar-refractivity contribution >= 4 is 7.14 Å². The second-order valence-electron chi connectivity index (χ2n) is 3.81. The Morgan fingerprint density at radius 2 is 2.38 bits per heavy atom. The first-order valence-electron chi connectivity index (χ1n) is 4.76. The van der Waals surface area contributed by atoms with E-state index in [4.69, 9.17) is 10.8 Å². The fourth-order valence-corrected chi connectivity index (χ4v) is 1.50. The lowest BCUT2D eigenvalue weighted by Crippen LogP contribution is -2.21. The van der Waals surface area contributed by atoms with Gasteiger partial charge in [0, 0.05) is 5.92 Å². The number of hydrogen-bond acceptors (Lipinski definition) is 3. The maximum Gasteiger partial charge on any atom is 0.163 e. The maximum absolute atomic E-state index is 13.1. The molecule has 0 aliphatic carbocycles. The maximum atomic E-state index is 13.1. The molecule has 78 valence electrons. The summed E-state index contributed by atoms with van der Waals surface area (Å²) in [6, 6.07) is 0. The largest absolute Gasteiger partial charge is 0.349 e. The molecule has 1 fully saturated rings. The summed E-state index contributed by atoms with van der Waals surface area (Å²) in [5.41, 5.74) is 0. The van der Waals surface area contributed by atoms with Crippen LogP contribution in [0.1, 0.15) is 8.29 Å². The highest BCUT2D eigenvalue weighted by molar-refractivity contribution is 7.62. The average Bonchev–Trinajstić information content (AvgIpc) is 2.28. The Kier molecular flexibility index (Phi) is 3.02. The van der Waals surface area contributed by atoms with E-state index in [1.807, 2.05) is 0 Å². The van der Waals surface area contributed by atoms with Crippen molar-refractivity contribution in [3.8, 4) is 0 Å². The number of rotatable bonds is 3. The summed E-state index contributed by atoms with van der Waals surface area (Å²) >= 11 is 0. The third-order valence-electron chi connectivity index (χ3n) is 1.82. The Morgan fingerprint density at radius 1 is 1.77 bits per heavy atom. The third-order valence-corrected chi connectivity index (χ3v) is 2.59. The van der Waals surface area contributed by atoms with Gasteiger partial charge in [0.2, 0.25) is 0 Å². The molecule has 0 saturated carbocycles. The summed E-state index contributed by atoms with van der Waals surface area (Å²) in [5, 5.41) is 0. The van der Waals surface area contributed by atoms with Crippen molar-refractivity contribution in [3.63, 3.8) is 0 Å². The van der Waals surface area contributed by atoms with Crippen molar-refractivity contribution in [1.82, 2.24) is 0 Å². The number of halogens is 1. The summed E-state index contributed by atoms with van der Waals surface area (Å²) in [4.78, 5) is 0. The molecule has 1 saturated heterocycles. The Hall–Kier alpha value is 0.0800. The first-order chi connectivity index (χ1) is 6.31. The number of alkyl halides is 1. The van der Waals surface area contributed by atoms with E-state index >= 15 is 0 Å². The van der Waals surface area contributed by atoms with E-state index in [-0.39, 0.29) is 6.35 Å². The predicted octanol–water partition coefficient (Wildman–Crippen LogP) is 1.91. The van der Waals surface area contributed by atoms with Crippen molar-refractivity contribution in [2.75, 3.05) is 26.3 Å². The molecular formula is C8H16FO3P. The molecule has 1 unspecified atom stereocenters. The molecule has 4 atom stereocenters. The molecule has 0 amide bonds. The van der Waals surface area contributed by atoms with Crippen LogP contribution in [0.5, 0.6) is 0 Å². The van der Waals surface area contributed by atoms with Gasteiger partial charge in [-0.2, -0.15) is 0 Å². The van der Waals surface area contributed by atoms with Crippen molar-refractivity contribution in [2.45, 2.75) is 19.4 Å². The summed E-state index contributed by atoms with van der Waals surface area (Å²) < 4.78 is 41.7. The lowest BCUT2D eigenvalue weighted by Gasteiger charge is -2.17. The van der Waals surface area contributed by atoms with Gasteiger partial charge in [-0.15, -0.1) is 0 Å². The lowest BCUT2D eigenvalue weighted by atomic mass is 10.1. The smallest absolute Gasteiger partial charge is 0.163 e. The van der Waals surface area contributed by atoms with Gasteiger partial charge in [0.05, 0.1) is 7.95 Å². The van der Waals surface area contributed by atoms with Crippen LogP contribution in [-0.2, 0) is 14.0 Å². The lowest BCUT2D eigenvalue weighted by molar-refractivity contribution is -0.114. The Morgan fingerprint density at radius 3 is 2.77 bits per heavy atom. The molecule has 1 heterocycles. The van der Waals surface area contributed by atoms with Gasteiger partial charge < -0.3 is 14.0 Å². The Balaban J connectivity index is 2.44. The topological polar surface area (TPSA) is 35.5 Å². The third kappa shape index (κ3) is 3.37. The van der Waals surface area contributed by atoms with Crippen LogP contribution in [-0.4, -0.2) is 38.7 Å². The van der Waals surface area contributed by atoms with E-state index in [9.17, 15) is 8.96 Å². The first-order valence-corrected chi connectivity index (χ1v) is 6.97. The molecule has 0 bridgehead atoms. The van der Waals surface area contributed by atoms with E-state index in [1.165, 1.54) is 0 Å². The van der Waals surface area contributed by atoms with Crippen molar-refractivity contribution in [3.05, 3.63) is 0 Å². The molecule has 3 nitrogen and oxygen atoms in total. The Labute approximate surface area is 79.4 Å². The van der Waals surface area contributed by atoms with Crippen LogP contribution >= 0.6 is 7.14 Å². The van der Waals surface area contributed by atoms with Crippen LogP contribution in [0.15, 0.2) is 0 Å². The quantitative estimate of drug-likeness (QED) is 0.670. The molecule has 0 aromatic heterocycles. The van der Waals surface area contributed by atoms with Crippen LogP contribution < -0.4 is 0 Å². The highest BCUT2D eigenvalue weighted by atomic mass is 31.2. The van der Waals surface area contributed by atoms with E-state index < -0.39 is 32.1 Å². The molecule has 0 N–H and O–H groups in total. The second-order valence-corrected chi connectivity index (χ2v) is 7.22. The minimum atomic E-state index is -2.27. The zero-order valence-electron chi connectivity index (χ0n) is 9.07. The van der Waals surface area contributed by atoms with E-state index in [0.717, 1.165) is 0 Å². The van der Waals surface area contributed by atoms with Gasteiger partial charge in [-0.05, 0) is 13.3 Å². The molecule has 1 aliphatic rings. The zero-order chi connectivity index (χ0) is 10.9. The summed E-state index contributed by atoms with van der Waals surface area (Å²) in [5.74, 6) is -0.468. The summed E-state index contributed by atoms with van der Waals surface area (Å²) in [7, 11) is -2.27. The van der Waals surface area contributed by atoms with Crippen molar-refractivity contribution < 1.29 is 19.8 Å². The van der Waals surface area contributed by atoms with Crippen molar-refractivity contribution in [2.24, 2.45) is 5.92 Å². The minimum Gasteiger partial charge on any atom is -0.349 e.